The molecule has 3 atom stereocenters. The van der Waals surface area contributed by atoms with Gasteiger partial charge in [0.25, 0.3) is 0 Å². The Hall–Kier alpha value is -2.53. The van der Waals surface area contributed by atoms with E-state index in [4.69, 9.17) is 16.2 Å². The number of thiophene rings is 1. The number of imidazole rings is 1. The van der Waals surface area contributed by atoms with Crippen LogP contribution in [0.15, 0.2) is 16.8 Å². The molecule has 0 bridgehead atoms. The van der Waals surface area contributed by atoms with E-state index in [0.717, 1.165) is 5.56 Å². The minimum atomic E-state index is -0.785. The summed E-state index contributed by atoms with van der Waals surface area (Å²) in [5.41, 5.74) is 13.6. The normalized spacial score (nSPS) is 23.4. The molecular formula is C16H18N6O3S. The Bertz CT molecular complexity index is 955. The first-order valence-corrected chi connectivity index (χ1v) is 8.96. The third-order valence-electron chi connectivity index (χ3n) is 4.25. The zero-order chi connectivity index (χ0) is 18.3. The zero-order valence-electron chi connectivity index (χ0n) is 13.7. The average molecular weight is 374 g/mol. The third kappa shape index (κ3) is 2.92. The summed E-state index contributed by atoms with van der Waals surface area (Å²) in [4.78, 5) is 12.7. The molecule has 0 aromatic carbocycles. The predicted molar refractivity (Wildman–Crippen MR) is 99.0 cm³/mol. The van der Waals surface area contributed by atoms with Gasteiger partial charge in [0.1, 0.15) is 18.2 Å². The van der Waals surface area contributed by atoms with Crippen molar-refractivity contribution in [2.75, 3.05) is 18.1 Å². The maximum atomic E-state index is 10.1. The van der Waals surface area contributed by atoms with Crippen molar-refractivity contribution in [2.45, 2.75) is 24.9 Å². The molecule has 4 heterocycles. The van der Waals surface area contributed by atoms with Gasteiger partial charge in [0, 0.05) is 6.42 Å². The van der Waals surface area contributed by atoms with Gasteiger partial charge in [0.15, 0.2) is 17.0 Å². The first-order chi connectivity index (χ1) is 12.6. The summed E-state index contributed by atoms with van der Waals surface area (Å²) in [6.45, 7) is -0.274. The Morgan fingerprint density at radius 3 is 2.85 bits per heavy atom. The molecule has 26 heavy (non-hydrogen) atoms. The molecule has 0 spiro atoms. The minimum absolute atomic E-state index is 0.0294. The number of rotatable bonds is 4. The minimum Gasteiger partial charge on any atom is -0.394 e. The van der Waals surface area contributed by atoms with E-state index in [1.807, 2.05) is 29.0 Å². The van der Waals surface area contributed by atoms with Crippen LogP contribution >= 0.6 is 11.3 Å². The first kappa shape index (κ1) is 16.9. The van der Waals surface area contributed by atoms with Crippen LogP contribution in [0.3, 0.4) is 0 Å². The highest BCUT2D eigenvalue weighted by molar-refractivity contribution is 7.08. The van der Waals surface area contributed by atoms with Gasteiger partial charge in [-0.3, -0.25) is 4.57 Å². The number of aliphatic hydroxyl groups excluding tert-OH is 2. The number of aliphatic hydroxyl groups is 2. The largest absolute Gasteiger partial charge is 0.394 e. The van der Waals surface area contributed by atoms with Crippen LogP contribution in [-0.4, -0.2) is 48.5 Å². The monoisotopic (exact) mass is 374 g/mol. The van der Waals surface area contributed by atoms with Crippen LogP contribution in [0, 0.1) is 0 Å². The van der Waals surface area contributed by atoms with E-state index in [1.165, 1.54) is 0 Å². The van der Waals surface area contributed by atoms with Crippen molar-refractivity contribution in [2.24, 2.45) is 0 Å². The Labute approximate surface area is 152 Å². The van der Waals surface area contributed by atoms with E-state index in [2.05, 4.69) is 15.0 Å². The highest BCUT2D eigenvalue weighted by Crippen LogP contribution is 2.34. The van der Waals surface area contributed by atoms with Gasteiger partial charge >= 0.3 is 0 Å². The van der Waals surface area contributed by atoms with Crippen molar-refractivity contribution in [1.29, 1.82) is 0 Å². The van der Waals surface area contributed by atoms with Crippen LogP contribution < -0.4 is 11.5 Å². The van der Waals surface area contributed by atoms with Crippen LogP contribution in [0.25, 0.3) is 23.3 Å². The number of fused-ring (bicyclic) bond motifs is 1. The fourth-order valence-corrected chi connectivity index (χ4v) is 3.64. The zero-order valence-corrected chi connectivity index (χ0v) is 14.5. The lowest BCUT2D eigenvalue weighted by Crippen LogP contribution is -2.24. The second-order valence-electron chi connectivity index (χ2n) is 5.98. The molecule has 6 N–H and O–H groups in total. The van der Waals surface area contributed by atoms with E-state index in [1.54, 1.807) is 15.9 Å². The molecule has 1 aliphatic rings. The van der Waals surface area contributed by atoms with E-state index in [9.17, 15) is 10.2 Å². The summed E-state index contributed by atoms with van der Waals surface area (Å²) in [6.07, 6.45) is 2.02. The van der Waals surface area contributed by atoms with Crippen molar-refractivity contribution in [3.8, 4) is 0 Å². The molecule has 1 fully saturated rings. The van der Waals surface area contributed by atoms with Gasteiger partial charge in [-0.15, -0.1) is 0 Å². The summed E-state index contributed by atoms with van der Waals surface area (Å²) >= 11 is 1.59. The predicted octanol–water partition coefficient (Wildman–Crippen LogP) is 0.863. The highest BCUT2D eigenvalue weighted by Gasteiger charge is 2.36. The van der Waals surface area contributed by atoms with Gasteiger partial charge in [-0.1, -0.05) is 6.08 Å². The molecular weight excluding hydrogens is 356 g/mol. The Balaban J connectivity index is 1.83. The maximum absolute atomic E-state index is 10.1. The van der Waals surface area contributed by atoms with Gasteiger partial charge in [0.05, 0.1) is 12.7 Å². The van der Waals surface area contributed by atoms with Crippen LogP contribution in [0.1, 0.15) is 24.0 Å². The number of nitrogens with zero attached hydrogens (tertiary/aromatic N) is 4. The topological polar surface area (TPSA) is 145 Å². The van der Waals surface area contributed by atoms with Crippen LogP contribution in [0.5, 0.6) is 0 Å². The lowest BCUT2D eigenvalue weighted by Gasteiger charge is -2.15. The van der Waals surface area contributed by atoms with Gasteiger partial charge in [-0.25, -0.2) is 4.98 Å². The number of aromatic nitrogens is 4. The quantitative estimate of drug-likeness (QED) is 0.526. The number of nitrogen functional groups attached to an aromatic ring is 2. The summed E-state index contributed by atoms with van der Waals surface area (Å²) < 4.78 is 7.51. The molecule has 0 unspecified atom stereocenters. The lowest BCUT2D eigenvalue weighted by molar-refractivity contribution is -0.0433. The fraction of sp³-hybridized carbons (Fsp3) is 0.312. The smallest absolute Gasteiger partial charge is 0.224 e. The molecule has 136 valence electrons. The third-order valence-corrected chi connectivity index (χ3v) is 4.95. The molecule has 0 aliphatic carbocycles. The molecule has 3 aromatic rings. The van der Waals surface area contributed by atoms with E-state index >= 15 is 0 Å². The molecule has 3 aromatic heterocycles. The van der Waals surface area contributed by atoms with Gasteiger partial charge in [-0.05, 0) is 28.5 Å². The Morgan fingerprint density at radius 2 is 2.15 bits per heavy atom. The molecule has 0 radical (unpaired) electrons. The Kier molecular flexibility index (Phi) is 4.32. The number of hydrogen-bond acceptors (Lipinski definition) is 9. The second-order valence-corrected chi connectivity index (χ2v) is 6.76. The first-order valence-electron chi connectivity index (χ1n) is 8.02. The van der Waals surface area contributed by atoms with E-state index in [0.29, 0.717) is 23.4 Å². The number of anilines is 2. The molecule has 4 rings (SSSR count). The number of hydrogen-bond donors (Lipinski definition) is 4. The van der Waals surface area contributed by atoms with E-state index in [-0.39, 0.29) is 18.4 Å². The van der Waals surface area contributed by atoms with Gasteiger partial charge in [0.2, 0.25) is 5.95 Å². The van der Waals surface area contributed by atoms with Crippen LogP contribution in [0.4, 0.5) is 11.8 Å². The lowest BCUT2D eigenvalue weighted by atomic mass is 10.2. The molecule has 9 nitrogen and oxygen atoms in total. The molecule has 1 saturated heterocycles. The summed E-state index contributed by atoms with van der Waals surface area (Å²) in [6, 6.07) is 1.98. The fourth-order valence-electron chi connectivity index (χ4n) is 3.01. The summed E-state index contributed by atoms with van der Waals surface area (Å²) in [5.74, 6) is 0.754. The van der Waals surface area contributed by atoms with Crippen LogP contribution in [0.2, 0.25) is 0 Å². The Morgan fingerprint density at radius 1 is 1.31 bits per heavy atom. The number of ether oxygens (including phenoxy) is 1. The van der Waals surface area contributed by atoms with Crippen LogP contribution in [-0.2, 0) is 4.74 Å². The average Bonchev–Trinajstić information content (AvgIpc) is 3.31. The van der Waals surface area contributed by atoms with Crippen molar-refractivity contribution in [1.82, 2.24) is 19.5 Å². The van der Waals surface area contributed by atoms with Gasteiger partial charge in [-0.2, -0.15) is 21.3 Å². The van der Waals surface area contributed by atoms with Crippen molar-refractivity contribution < 1.29 is 14.9 Å². The molecule has 1 aliphatic heterocycles. The van der Waals surface area contributed by atoms with Crippen molar-refractivity contribution >= 4 is 46.4 Å². The molecule has 10 heteroatoms. The van der Waals surface area contributed by atoms with Crippen molar-refractivity contribution in [3.63, 3.8) is 0 Å². The molecule has 0 saturated carbocycles. The SMILES string of the molecule is Nc1nc(N)c2nc(C=Cc3ccsc3)n([C@H]3C[C@H](O)[C@@H](CO)O3)c2n1. The summed E-state index contributed by atoms with van der Waals surface area (Å²) in [7, 11) is 0. The van der Waals surface area contributed by atoms with Gasteiger partial charge < -0.3 is 26.4 Å². The second kappa shape index (κ2) is 6.65. The number of nitrogens with two attached hydrogens (primary N) is 2. The van der Waals surface area contributed by atoms with Crippen molar-refractivity contribution in [3.05, 3.63) is 28.2 Å². The van der Waals surface area contributed by atoms with E-state index < -0.39 is 18.4 Å². The maximum Gasteiger partial charge on any atom is 0.224 e. The summed E-state index contributed by atoms with van der Waals surface area (Å²) in [5, 5.41) is 23.4. The standard InChI is InChI=1S/C16H18N6O3S/c17-14-13-15(21-16(18)20-14)22(12-5-9(24)10(6-23)25-12)11(19-13)2-1-8-3-4-26-7-8/h1-4,7,9-10,12,23-24H,5-6H2,(H4,17,18,20,21)/t9-,10+,12+/m0/s1. The highest BCUT2D eigenvalue weighted by atomic mass is 32.1. The molecule has 0 amide bonds.